The molecule has 0 aromatic carbocycles. The molecule has 0 bridgehead atoms. The molecule has 0 atom stereocenters. The molecule has 0 heterocycles. The smallest absolute Gasteiger partial charge is 0.0148 e. The maximum absolute atomic E-state index is 3.71. The van der Waals surface area contributed by atoms with Crippen LogP contribution in [0.15, 0.2) is 0 Å². The predicted molar refractivity (Wildman–Crippen MR) is 71.9 cm³/mol. The molecule has 0 unspecified atom stereocenters. The van der Waals surface area contributed by atoms with Gasteiger partial charge in [0.2, 0.25) is 0 Å². The summed E-state index contributed by atoms with van der Waals surface area (Å²) >= 11 is 0. The van der Waals surface area contributed by atoms with E-state index in [-0.39, 0.29) is 0 Å². The summed E-state index contributed by atoms with van der Waals surface area (Å²) in [5, 5.41) is 3.71. The average Bonchev–Trinajstić information content (AvgIpc) is 2.30. The van der Waals surface area contributed by atoms with Crippen LogP contribution in [0.4, 0.5) is 0 Å². The second kappa shape index (κ2) is 6.61. The number of hydrogen-bond donors (Lipinski definition) is 1. The monoisotopic (exact) mass is 226 g/mol. The van der Waals surface area contributed by atoms with E-state index >= 15 is 0 Å². The second-order valence-electron chi connectivity index (χ2n) is 5.88. The Labute approximate surface area is 102 Å². The van der Waals surface area contributed by atoms with Crippen molar-refractivity contribution in [3.63, 3.8) is 0 Å². The number of rotatable bonds is 6. The Hall–Kier alpha value is -0.0800. The normalized spacial score (nSPS) is 19.3. The minimum Gasteiger partial charge on any atom is -0.313 e. The first-order valence-electron chi connectivity index (χ1n) is 7.01. The van der Waals surface area contributed by atoms with E-state index in [0.717, 1.165) is 19.1 Å². The van der Waals surface area contributed by atoms with Crippen LogP contribution in [0.5, 0.6) is 0 Å². The quantitative estimate of drug-likeness (QED) is 0.749. The lowest BCUT2D eigenvalue weighted by atomic mass is 9.95. The Bertz CT molecular complexity index is 183. The van der Waals surface area contributed by atoms with Gasteiger partial charge in [0.25, 0.3) is 0 Å². The van der Waals surface area contributed by atoms with E-state index in [4.69, 9.17) is 0 Å². The Kier molecular flexibility index (Phi) is 5.77. The van der Waals surface area contributed by atoms with Gasteiger partial charge in [-0.05, 0) is 40.2 Å². The van der Waals surface area contributed by atoms with Gasteiger partial charge in [-0.25, -0.2) is 0 Å². The summed E-state index contributed by atoms with van der Waals surface area (Å²) < 4.78 is 0. The molecule has 1 saturated carbocycles. The number of nitrogens with zero attached hydrogens (tertiary/aromatic N) is 1. The molecule has 2 heteroatoms. The fourth-order valence-corrected chi connectivity index (χ4v) is 2.32. The molecular formula is C14H30N2. The highest BCUT2D eigenvalue weighted by Crippen LogP contribution is 2.18. The van der Waals surface area contributed by atoms with Crippen molar-refractivity contribution in [2.45, 2.75) is 70.9 Å². The maximum atomic E-state index is 3.71. The van der Waals surface area contributed by atoms with Crippen LogP contribution in [-0.4, -0.2) is 36.6 Å². The van der Waals surface area contributed by atoms with Gasteiger partial charge in [0.05, 0.1) is 0 Å². The summed E-state index contributed by atoms with van der Waals surface area (Å²) in [5.74, 6) is 0. The highest BCUT2D eigenvalue weighted by atomic mass is 15.2. The molecule has 1 aliphatic carbocycles. The third-order valence-corrected chi connectivity index (χ3v) is 4.38. The van der Waals surface area contributed by atoms with E-state index in [0.29, 0.717) is 5.54 Å². The molecule has 2 nitrogen and oxygen atoms in total. The van der Waals surface area contributed by atoms with Crippen molar-refractivity contribution >= 4 is 0 Å². The lowest BCUT2D eigenvalue weighted by molar-refractivity contribution is 0.149. The van der Waals surface area contributed by atoms with Gasteiger partial charge < -0.3 is 5.32 Å². The highest BCUT2D eigenvalue weighted by molar-refractivity contribution is 4.78. The van der Waals surface area contributed by atoms with Crippen LogP contribution in [0, 0.1) is 0 Å². The number of hydrogen-bond acceptors (Lipinski definition) is 2. The van der Waals surface area contributed by atoms with E-state index in [1.54, 1.807) is 0 Å². The zero-order valence-corrected chi connectivity index (χ0v) is 11.7. The Morgan fingerprint density at radius 1 is 1.19 bits per heavy atom. The minimum absolute atomic E-state index is 0.342. The van der Waals surface area contributed by atoms with Crippen molar-refractivity contribution in [1.29, 1.82) is 0 Å². The zero-order valence-electron chi connectivity index (χ0n) is 11.7. The third-order valence-electron chi connectivity index (χ3n) is 4.38. The molecule has 0 amide bonds. The summed E-state index contributed by atoms with van der Waals surface area (Å²) in [5.41, 5.74) is 0.342. The lowest BCUT2D eigenvalue weighted by Crippen LogP contribution is -2.45. The second-order valence-corrected chi connectivity index (χ2v) is 5.88. The van der Waals surface area contributed by atoms with Crippen LogP contribution in [-0.2, 0) is 0 Å². The summed E-state index contributed by atoms with van der Waals surface area (Å²) in [7, 11) is 2.24. The standard InChI is InChI=1S/C14H30N2/c1-5-14(2,3)16(4)12-11-15-13-9-7-6-8-10-13/h13,15H,5-12H2,1-4H3. The lowest BCUT2D eigenvalue weighted by Gasteiger charge is -2.35. The van der Waals surface area contributed by atoms with Crippen molar-refractivity contribution in [1.82, 2.24) is 10.2 Å². The zero-order chi connectivity index (χ0) is 12.0. The van der Waals surface area contributed by atoms with Crippen molar-refractivity contribution in [2.75, 3.05) is 20.1 Å². The third kappa shape index (κ3) is 4.42. The minimum atomic E-state index is 0.342. The molecule has 1 N–H and O–H groups in total. The van der Waals surface area contributed by atoms with Crippen molar-refractivity contribution in [3.8, 4) is 0 Å². The van der Waals surface area contributed by atoms with Gasteiger partial charge in [-0.3, -0.25) is 4.90 Å². The van der Waals surface area contributed by atoms with Gasteiger partial charge in [0.1, 0.15) is 0 Å². The SMILES string of the molecule is CCC(C)(C)N(C)CCNC1CCCCC1. The van der Waals surface area contributed by atoms with Crippen LogP contribution in [0.3, 0.4) is 0 Å². The number of likely N-dealkylation sites (N-methyl/N-ethyl adjacent to an activating group) is 1. The maximum Gasteiger partial charge on any atom is 0.0148 e. The summed E-state index contributed by atoms with van der Waals surface area (Å²) in [4.78, 5) is 2.48. The first-order chi connectivity index (χ1) is 7.56. The van der Waals surface area contributed by atoms with Crippen LogP contribution >= 0.6 is 0 Å². The first-order valence-corrected chi connectivity index (χ1v) is 7.01. The molecular weight excluding hydrogens is 196 g/mol. The van der Waals surface area contributed by atoms with E-state index in [1.165, 1.54) is 38.5 Å². The molecule has 0 aromatic heterocycles. The van der Waals surface area contributed by atoms with Crippen LogP contribution in [0.2, 0.25) is 0 Å². The van der Waals surface area contributed by atoms with E-state index in [2.05, 4.69) is 38.0 Å². The molecule has 16 heavy (non-hydrogen) atoms. The Balaban J connectivity index is 2.14. The van der Waals surface area contributed by atoms with Crippen LogP contribution < -0.4 is 5.32 Å². The van der Waals surface area contributed by atoms with Gasteiger partial charge >= 0.3 is 0 Å². The van der Waals surface area contributed by atoms with Gasteiger partial charge in [-0.1, -0.05) is 26.2 Å². The molecule has 1 rings (SSSR count). The van der Waals surface area contributed by atoms with Crippen LogP contribution in [0.1, 0.15) is 59.3 Å². The Morgan fingerprint density at radius 2 is 1.81 bits per heavy atom. The molecule has 0 saturated heterocycles. The molecule has 1 aliphatic rings. The molecule has 0 spiro atoms. The van der Waals surface area contributed by atoms with Crippen molar-refractivity contribution in [2.24, 2.45) is 0 Å². The topological polar surface area (TPSA) is 15.3 Å². The molecule has 0 aromatic rings. The molecule has 0 radical (unpaired) electrons. The largest absolute Gasteiger partial charge is 0.313 e. The van der Waals surface area contributed by atoms with E-state index in [1.807, 2.05) is 0 Å². The fraction of sp³-hybridized carbons (Fsp3) is 1.00. The Morgan fingerprint density at radius 3 is 2.38 bits per heavy atom. The number of nitrogens with one attached hydrogen (secondary N) is 1. The van der Waals surface area contributed by atoms with Gasteiger partial charge in [0, 0.05) is 24.7 Å². The van der Waals surface area contributed by atoms with Crippen molar-refractivity contribution in [3.05, 3.63) is 0 Å². The molecule has 96 valence electrons. The van der Waals surface area contributed by atoms with E-state index < -0.39 is 0 Å². The summed E-state index contributed by atoms with van der Waals surface area (Å²) in [6.45, 7) is 9.23. The van der Waals surface area contributed by atoms with Crippen molar-refractivity contribution < 1.29 is 0 Å². The summed E-state index contributed by atoms with van der Waals surface area (Å²) in [6, 6.07) is 0.798. The van der Waals surface area contributed by atoms with Gasteiger partial charge in [-0.15, -0.1) is 0 Å². The highest BCUT2D eigenvalue weighted by Gasteiger charge is 2.20. The predicted octanol–water partition coefficient (Wildman–Crippen LogP) is 3.03. The fourth-order valence-electron chi connectivity index (χ4n) is 2.32. The summed E-state index contributed by atoms with van der Waals surface area (Å²) in [6.07, 6.45) is 8.29. The molecule has 1 fully saturated rings. The molecule has 0 aliphatic heterocycles. The van der Waals surface area contributed by atoms with E-state index in [9.17, 15) is 0 Å². The average molecular weight is 226 g/mol. The van der Waals surface area contributed by atoms with Gasteiger partial charge in [0.15, 0.2) is 0 Å². The van der Waals surface area contributed by atoms with Crippen LogP contribution in [0.25, 0.3) is 0 Å². The van der Waals surface area contributed by atoms with Gasteiger partial charge in [-0.2, -0.15) is 0 Å². The first kappa shape index (κ1) is 14.0.